The van der Waals surface area contributed by atoms with Gasteiger partial charge in [-0.25, -0.2) is 8.42 Å². The van der Waals surface area contributed by atoms with E-state index in [2.05, 4.69) is 5.32 Å². The first kappa shape index (κ1) is 19.9. The number of amides is 1. The Hall–Kier alpha value is -1.40. The van der Waals surface area contributed by atoms with Crippen LogP contribution in [0.5, 0.6) is 0 Å². The summed E-state index contributed by atoms with van der Waals surface area (Å²) in [6.45, 7) is 5.07. The van der Waals surface area contributed by atoms with Crippen LogP contribution in [0.3, 0.4) is 0 Å². The van der Waals surface area contributed by atoms with Crippen molar-refractivity contribution in [2.75, 3.05) is 13.1 Å². The molecule has 28 heavy (non-hydrogen) atoms. The molecule has 4 bridgehead atoms. The number of benzene rings is 1. The van der Waals surface area contributed by atoms with Gasteiger partial charge in [-0.2, -0.15) is 4.31 Å². The molecule has 6 heteroatoms. The summed E-state index contributed by atoms with van der Waals surface area (Å²) in [6.07, 6.45) is 7.17. The zero-order valence-electron chi connectivity index (χ0n) is 17.0. The van der Waals surface area contributed by atoms with Gasteiger partial charge in [-0.1, -0.05) is 26.0 Å². The monoisotopic (exact) mass is 404 g/mol. The lowest BCUT2D eigenvalue weighted by molar-refractivity contribution is -0.146. The van der Waals surface area contributed by atoms with Crippen LogP contribution in [0, 0.1) is 23.2 Å². The first-order valence-electron chi connectivity index (χ1n) is 10.7. The fraction of sp³-hybridized carbons (Fsp3) is 0.682. The predicted molar refractivity (Wildman–Crippen MR) is 109 cm³/mol. The van der Waals surface area contributed by atoms with Crippen molar-refractivity contribution >= 4 is 15.9 Å². The lowest BCUT2D eigenvalue weighted by Gasteiger charge is -2.55. The summed E-state index contributed by atoms with van der Waals surface area (Å²) in [5, 5.41) is 3.16. The second kappa shape index (κ2) is 7.45. The normalized spacial score (nSPS) is 31.3. The molecule has 154 valence electrons. The highest BCUT2D eigenvalue weighted by atomic mass is 32.2. The molecular formula is C22H32N2O3S. The second-order valence-corrected chi connectivity index (χ2v) is 11.1. The van der Waals surface area contributed by atoms with E-state index in [0.717, 1.165) is 42.6 Å². The van der Waals surface area contributed by atoms with Gasteiger partial charge in [0.2, 0.25) is 15.9 Å². The van der Waals surface area contributed by atoms with E-state index in [4.69, 9.17) is 0 Å². The number of hydrogen-bond acceptors (Lipinski definition) is 3. The van der Waals surface area contributed by atoms with Crippen LogP contribution in [-0.4, -0.2) is 31.7 Å². The molecule has 0 aliphatic heterocycles. The summed E-state index contributed by atoms with van der Waals surface area (Å²) in [5.74, 6) is 2.47. The second-order valence-electron chi connectivity index (χ2n) is 9.11. The van der Waals surface area contributed by atoms with Crippen LogP contribution in [0.2, 0.25) is 0 Å². The van der Waals surface area contributed by atoms with E-state index < -0.39 is 10.0 Å². The van der Waals surface area contributed by atoms with Crippen molar-refractivity contribution < 1.29 is 13.2 Å². The topological polar surface area (TPSA) is 66.5 Å². The molecule has 0 spiro atoms. The van der Waals surface area contributed by atoms with E-state index >= 15 is 0 Å². The first-order valence-corrected chi connectivity index (χ1v) is 12.2. The lowest BCUT2D eigenvalue weighted by Crippen LogP contribution is -2.53. The molecule has 5 nitrogen and oxygen atoms in total. The Labute approximate surface area is 168 Å². The maximum atomic E-state index is 13.0. The number of sulfonamides is 1. The molecule has 1 N–H and O–H groups in total. The van der Waals surface area contributed by atoms with Crippen LogP contribution in [0.1, 0.15) is 57.9 Å². The molecule has 4 saturated carbocycles. The van der Waals surface area contributed by atoms with E-state index in [1.54, 1.807) is 12.1 Å². The molecule has 0 radical (unpaired) electrons. The van der Waals surface area contributed by atoms with E-state index in [9.17, 15) is 13.2 Å². The van der Waals surface area contributed by atoms with Crippen molar-refractivity contribution in [2.45, 2.75) is 63.8 Å². The summed E-state index contributed by atoms with van der Waals surface area (Å²) >= 11 is 0. The number of hydrogen-bond donors (Lipinski definition) is 1. The van der Waals surface area contributed by atoms with Crippen molar-refractivity contribution in [2.24, 2.45) is 23.2 Å². The molecule has 1 aromatic rings. The standard InChI is InChI=1S/C22H32N2O3S/c1-3-24(4-2)28(26,27)20-7-5-16(6-8-20)15-23-21(25)22-12-17-9-18(13-22)11-19(10-17)14-22/h5-8,17-19H,3-4,9-15H2,1-2H3,(H,23,25). The van der Waals surface area contributed by atoms with Gasteiger partial charge in [-0.05, 0) is 74.0 Å². The summed E-state index contributed by atoms with van der Waals surface area (Å²) < 4.78 is 26.6. The Balaban J connectivity index is 1.40. The highest BCUT2D eigenvalue weighted by molar-refractivity contribution is 7.89. The van der Waals surface area contributed by atoms with Crippen LogP contribution >= 0.6 is 0 Å². The molecule has 0 saturated heterocycles. The van der Waals surface area contributed by atoms with Crippen molar-refractivity contribution in [1.29, 1.82) is 0 Å². The van der Waals surface area contributed by atoms with Gasteiger partial charge in [-0.3, -0.25) is 4.79 Å². The molecule has 0 atom stereocenters. The summed E-state index contributed by atoms with van der Waals surface area (Å²) in [5.41, 5.74) is 0.803. The van der Waals surface area contributed by atoms with Crippen molar-refractivity contribution in [3.05, 3.63) is 29.8 Å². The predicted octanol–water partition coefficient (Wildman–Crippen LogP) is 3.55. The zero-order valence-corrected chi connectivity index (χ0v) is 17.8. The smallest absolute Gasteiger partial charge is 0.243 e. The Bertz CT molecular complexity index is 793. The summed E-state index contributed by atoms with van der Waals surface area (Å²) in [4.78, 5) is 13.4. The van der Waals surface area contributed by atoms with Crippen LogP contribution in [0.25, 0.3) is 0 Å². The average molecular weight is 405 g/mol. The summed E-state index contributed by atoms with van der Waals surface area (Å²) in [7, 11) is -3.43. The van der Waals surface area contributed by atoms with Gasteiger partial charge in [0.25, 0.3) is 0 Å². The SMILES string of the molecule is CCN(CC)S(=O)(=O)c1ccc(CNC(=O)C23CC4CC(CC(C4)C2)C3)cc1. The minimum atomic E-state index is -3.43. The molecule has 1 aromatic carbocycles. The van der Waals surface area contributed by atoms with Crippen LogP contribution in [0.4, 0.5) is 0 Å². The molecule has 4 fully saturated rings. The number of rotatable bonds is 7. The highest BCUT2D eigenvalue weighted by Gasteiger charge is 2.54. The van der Waals surface area contributed by atoms with Gasteiger partial charge < -0.3 is 5.32 Å². The Morgan fingerprint density at radius 2 is 1.50 bits per heavy atom. The Morgan fingerprint density at radius 1 is 1.00 bits per heavy atom. The third-order valence-electron chi connectivity index (χ3n) is 7.24. The van der Waals surface area contributed by atoms with E-state index in [1.165, 1.54) is 23.6 Å². The minimum absolute atomic E-state index is 0.138. The Kier molecular flexibility index (Phi) is 5.29. The maximum Gasteiger partial charge on any atom is 0.243 e. The van der Waals surface area contributed by atoms with Gasteiger partial charge in [0.05, 0.1) is 4.90 Å². The first-order chi connectivity index (χ1) is 13.4. The van der Waals surface area contributed by atoms with Crippen LogP contribution in [-0.2, 0) is 21.4 Å². The van der Waals surface area contributed by atoms with Crippen LogP contribution < -0.4 is 5.32 Å². The van der Waals surface area contributed by atoms with E-state index in [1.807, 2.05) is 26.0 Å². The van der Waals surface area contributed by atoms with Gasteiger partial charge in [-0.15, -0.1) is 0 Å². The Morgan fingerprint density at radius 3 is 1.96 bits per heavy atom. The highest BCUT2D eigenvalue weighted by Crippen LogP contribution is 2.60. The van der Waals surface area contributed by atoms with Gasteiger partial charge >= 0.3 is 0 Å². The molecule has 0 unspecified atom stereocenters. The molecule has 4 aliphatic rings. The van der Waals surface area contributed by atoms with Crippen molar-refractivity contribution in [3.8, 4) is 0 Å². The number of nitrogens with zero attached hydrogens (tertiary/aromatic N) is 1. The largest absolute Gasteiger partial charge is 0.352 e. The summed E-state index contributed by atoms with van der Waals surface area (Å²) in [6, 6.07) is 6.94. The molecule has 0 aromatic heterocycles. The molecule has 0 heterocycles. The lowest BCUT2D eigenvalue weighted by atomic mass is 9.49. The third-order valence-corrected chi connectivity index (χ3v) is 9.30. The zero-order chi connectivity index (χ0) is 19.9. The maximum absolute atomic E-state index is 13.0. The van der Waals surface area contributed by atoms with E-state index in [-0.39, 0.29) is 11.3 Å². The molecule has 5 rings (SSSR count). The molecule has 1 amide bonds. The molecular weight excluding hydrogens is 372 g/mol. The van der Waals surface area contributed by atoms with E-state index in [0.29, 0.717) is 24.5 Å². The van der Waals surface area contributed by atoms with Gasteiger partial charge in [0, 0.05) is 25.0 Å². The number of carbonyl (C=O) groups excluding carboxylic acids is 1. The van der Waals surface area contributed by atoms with Gasteiger partial charge in [0.15, 0.2) is 0 Å². The van der Waals surface area contributed by atoms with Crippen molar-refractivity contribution in [1.82, 2.24) is 9.62 Å². The fourth-order valence-electron chi connectivity index (χ4n) is 6.25. The van der Waals surface area contributed by atoms with Crippen molar-refractivity contribution in [3.63, 3.8) is 0 Å². The fourth-order valence-corrected chi connectivity index (χ4v) is 7.71. The average Bonchev–Trinajstić information content (AvgIpc) is 2.66. The molecule has 4 aliphatic carbocycles. The van der Waals surface area contributed by atoms with Gasteiger partial charge in [0.1, 0.15) is 0 Å². The number of carbonyl (C=O) groups is 1. The number of nitrogens with one attached hydrogen (secondary N) is 1. The third kappa shape index (κ3) is 3.50. The van der Waals surface area contributed by atoms with Crippen LogP contribution in [0.15, 0.2) is 29.2 Å². The quantitative estimate of drug-likeness (QED) is 0.756. The minimum Gasteiger partial charge on any atom is -0.352 e.